The van der Waals surface area contributed by atoms with E-state index in [0.717, 1.165) is 0 Å². The van der Waals surface area contributed by atoms with E-state index >= 15 is 0 Å². The molecule has 0 aliphatic rings. The van der Waals surface area contributed by atoms with Gasteiger partial charge in [-0.2, -0.15) is 0 Å². The first kappa shape index (κ1) is 15.9. The fourth-order valence-corrected chi connectivity index (χ4v) is 1.84. The van der Waals surface area contributed by atoms with E-state index in [1.54, 1.807) is 34.0 Å². The summed E-state index contributed by atoms with van der Waals surface area (Å²) in [7, 11) is 1.63. The first-order chi connectivity index (χ1) is 9.04. The molecule has 1 heterocycles. The Hall–Kier alpha value is -2.11. The van der Waals surface area contributed by atoms with Gasteiger partial charge in [0.25, 0.3) is 5.91 Å². The molecule has 110 valence electrons. The number of amides is 1. The number of hydrogen-bond acceptors (Lipinski definition) is 3. The number of Topliss-reactive ketones (excluding diaryl/α,β-unsaturated/α-hetero) is 1. The van der Waals surface area contributed by atoms with Crippen LogP contribution >= 0.6 is 0 Å². The maximum absolute atomic E-state index is 12.2. The van der Waals surface area contributed by atoms with Crippen molar-refractivity contribution < 1.29 is 19.5 Å². The second-order valence-electron chi connectivity index (χ2n) is 5.89. The fourth-order valence-electron chi connectivity index (χ4n) is 1.84. The molecule has 0 unspecified atom stereocenters. The van der Waals surface area contributed by atoms with Crippen molar-refractivity contribution in [2.75, 3.05) is 0 Å². The lowest BCUT2D eigenvalue weighted by Crippen LogP contribution is -2.49. The van der Waals surface area contributed by atoms with E-state index in [9.17, 15) is 19.5 Å². The van der Waals surface area contributed by atoms with Gasteiger partial charge in [-0.3, -0.25) is 9.59 Å². The van der Waals surface area contributed by atoms with Crippen LogP contribution in [-0.2, 0) is 11.8 Å². The van der Waals surface area contributed by atoms with E-state index in [1.807, 2.05) is 0 Å². The molecule has 0 fully saturated rings. The molecule has 1 aromatic heterocycles. The van der Waals surface area contributed by atoms with Crippen LogP contribution in [0.3, 0.4) is 0 Å². The monoisotopic (exact) mass is 280 g/mol. The van der Waals surface area contributed by atoms with Crippen molar-refractivity contribution in [3.63, 3.8) is 0 Å². The summed E-state index contributed by atoms with van der Waals surface area (Å²) in [6.07, 6.45) is 1.55. The molecule has 0 saturated carbocycles. The summed E-state index contributed by atoms with van der Waals surface area (Å²) in [5, 5.41) is 11.7. The van der Waals surface area contributed by atoms with Crippen LogP contribution in [0, 0.1) is 5.41 Å². The number of carbonyl (C=O) groups excluding carboxylic acids is 2. The molecule has 0 radical (unpaired) electrons. The van der Waals surface area contributed by atoms with Crippen LogP contribution in [0.15, 0.2) is 12.3 Å². The van der Waals surface area contributed by atoms with Crippen molar-refractivity contribution in [3.8, 4) is 0 Å². The first-order valence-electron chi connectivity index (χ1n) is 6.25. The molecule has 1 rings (SSSR count). The van der Waals surface area contributed by atoms with Gasteiger partial charge in [0.1, 0.15) is 11.7 Å². The van der Waals surface area contributed by atoms with Crippen molar-refractivity contribution in [2.45, 2.75) is 33.7 Å². The average Bonchev–Trinajstić information content (AvgIpc) is 2.66. The van der Waals surface area contributed by atoms with Crippen LogP contribution in [-0.4, -0.2) is 33.4 Å². The molecule has 2 N–H and O–H groups in total. The van der Waals surface area contributed by atoms with Crippen molar-refractivity contribution in [1.29, 1.82) is 0 Å². The number of aliphatic carboxylic acids is 1. The third-order valence-electron chi connectivity index (χ3n) is 3.03. The van der Waals surface area contributed by atoms with Crippen LogP contribution in [0.1, 0.15) is 48.5 Å². The van der Waals surface area contributed by atoms with Crippen LogP contribution in [0.25, 0.3) is 0 Å². The second kappa shape index (κ2) is 5.48. The summed E-state index contributed by atoms with van der Waals surface area (Å²) >= 11 is 0. The van der Waals surface area contributed by atoms with Crippen LogP contribution in [0.2, 0.25) is 0 Å². The SMILES string of the molecule is CC(=O)c1cc(C(=O)N[C@H](C(=O)O)C(C)(C)C)n(C)c1. The quantitative estimate of drug-likeness (QED) is 0.817. The van der Waals surface area contributed by atoms with E-state index in [0.29, 0.717) is 5.56 Å². The van der Waals surface area contributed by atoms with E-state index in [1.165, 1.54) is 17.6 Å². The molecule has 6 nitrogen and oxygen atoms in total. The number of rotatable bonds is 4. The number of nitrogens with one attached hydrogen (secondary N) is 1. The van der Waals surface area contributed by atoms with Gasteiger partial charge in [-0.25, -0.2) is 4.79 Å². The smallest absolute Gasteiger partial charge is 0.326 e. The van der Waals surface area contributed by atoms with Crippen molar-refractivity contribution in [1.82, 2.24) is 9.88 Å². The standard InChI is InChI=1S/C14H20N2O4/c1-8(17)9-6-10(16(5)7-9)12(18)15-11(13(19)20)14(2,3)4/h6-7,11H,1-5H3,(H,15,18)(H,19,20)/t11-/m1/s1. The molecule has 0 aromatic carbocycles. The van der Waals surface area contributed by atoms with Crippen molar-refractivity contribution in [3.05, 3.63) is 23.5 Å². The zero-order chi connectivity index (χ0) is 15.7. The highest BCUT2D eigenvalue weighted by Crippen LogP contribution is 2.20. The van der Waals surface area contributed by atoms with Gasteiger partial charge in [-0.15, -0.1) is 0 Å². The molecular weight excluding hydrogens is 260 g/mol. The van der Waals surface area contributed by atoms with Gasteiger partial charge in [0.05, 0.1) is 0 Å². The van der Waals surface area contributed by atoms with Crippen molar-refractivity contribution >= 4 is 17.7 Å². The molecule has 0 bridgehead atoms. The van der Waals surface area contributed by atoms with Crippen molar-refractivity contribution in [2.24, 2.45) is 12.5 Å². The van der Waals surface area contributed by atoms with Gasteiger partial charge >= 0.3 is 5.97 Å². The molecule has 6 heteroatoms. The number of nitrogens with zero attached hydrogens (tertiary/aromatic N) is 1. The highest BCUT2D eigenvalue weighted by molar-refractivity contribution is 6.00. The topological polar surface area (TPSA) is 88.4 Å². The zero-order valence-corrected chi connectivity index (χ0v) is 12.4. The van der Waals surface area contributed by atoms with Gasteiger partial charge in [0, 0.05) is 18.8 Å². The molecular formula is C14H20N2O4. The molecule has 20 heavy (non-hydrogen) atoms. The largest absolute Gasteiger partial charge is 0.480 e. The minimum Gasteiger partial charge on any atom is -0.480 e. The van der Waals surface area contributed by atoms with E-state index in [4.69, 9.17) is 0 Å². The average molecular weight is 280 g/mol. The number of carbonyl (C=O) groups is 3. The van der Waals surface area contributed by atoms with Gasteiger partial charge in [0.2, 0.25) is 0 Å². The fraction of sp³-hybridized carbons (Fsp3) is 0.500. The number of hydrogen-bond donors (Lipinski definition) is 2. The van der Waals surface area contributed by atoms with Crippen LogP contribution in [0.5, 0.6) is 0 Å². The number of ketones is 1. The molecule has 0 aliphatic carbocycles. The van der Waals surface area contributed by atoms with E-state index < -0.39 is 23.3 Å². The van der Waals surface area contributed by atoms with E-state index in [-0.39, 0.29) is 11.5 Å². The van der Waals surface area contributed by atoms with Crippen LogP contribution in [0.4, 0.5) is 0 Å². The van der Waals surface area contributed by atoms with Gasteiger partial charge in [-0.05, 0) is 18.4 Å². The number of aryl methyl sites for hydroxylation is 1. The summed E-state index contributed by atoms with van der Waals surface area (Å²) < 4.78 is 1.51. The Balaban J connectivity index is 3.01. The Morgan fingerprint density at radius 2 is 1.85 bits per heavy atom. The predicted octanol–water partition coefficient (Wildman–Crippen LogP) is 1.46. The summed E-state index contributed by atoms with van der Waals surface area (Å²) in [5.74, 6) is -1.75. The van der Waals surface area contributed by atoms with Gasteiger partial charge < -0.3 is 15.0 Å². The Bertz CT molecular complexity index is 552. The minimum absolute atomic E-state index is 0.148. The summed E-state index contributed by atoms with van der Waals surface area (Å²) in [6.45, 7) is 6.61. The molecule has 0 saturated heterocycles. The Morgan fingerprint density at radius 3 is 2.20 bits per heavy atom. The maximum Gasteiger partial charge on any atom is 0.326 e. The number of carboxylic acids is 1. The van der Waals surface area contributed by atoms with Crippen LogP contribution < -0.4 is 5.32 Å². The lowest BCUT2D eigenvalue weighted by molar-refractivity contribution is -0.142. The third-order valence-corrected chi connectivity index (χ3v) is 3.03. The van der Waals surface area contributed by atoms with Gasteiger partial charge in [0.15, 0.2) is 5.78 Å². The highest BCUT2D eigenvalue weighted by atomic mass is 16.4. The molecule has 1 atom stereocenters. The minimum atomic E-state index is -1.09. The van der Waals surface area contributed by atoms with E-state index in [2.05, 4.69) is 5.32 Å². The molecule has 0 aliphatic heterocycles. The zero-order valence-electron chi connectivity index (χ0n) is 12.4. The number of carboxylic acid groups (broad SMARTS) is 1. The lowest BCUT2D eigenvalue weighted by atomic mass is 9.86. The molecule has 0 spiro atoms. The summed E-state index contributed by atoms with van der Waals surface area (Å²) in [4.78, 5) is 34.7. The summed E-state index contributed by atoms with van der Waals surface area (Å²) in [6, 6.07) is 0.449. The Kier molecular flexibility index (Phi) is 4.37. The third kappa shape index (κ3) is 3.46. The number of aromatic nitrogens is 1. The summed E-state index contributed by atoms with van der Waals surface area (Å²) in [5.41, 5.74) is 0.0572. The molecule has 1 aromatic rings. The van der Waals surface area contributed by atoms with Gasteiger partial charge in [-0.1, -0.05) is 20.8 Å². The first-order valence-corrected chi connectivity index (χ1v) is 6.25. The predicted molar refractivity (Wildman–Crippen MR) is 73.8 cm³/mol. The lowest BCUT2D eigenvalue weighted by Gasteiger charge is -2.27. The normalized spacial score (nSPS) is 12.8. The highest BCUT2D eigenvalue weighted by Gasteiger charge is 2.33. The second-order valence-corrected chi connectivity index (χ2v) is 5.89. The Morgan fingerprint density at radius 1 is 1.30 bits per heavy atom. The maximum atomic E-state index is 12.2. The Labute approximate surface area is 117 Å². The molecule has 1 amide bonds.